The van der Waals surface area contributed by atoms with Gasteiger partial charge < -0.3 is 9.88 Å². The molecule has 0 saturated carbocycles. The van der Waals surface area contributed by atoms with Crippen LogP contribution < -0.4 is 10.7 Å². The second kappa shape index (κ2) is 13.1. The highest BCUT2D eigenvalue weighted by Gasteiger charge is 2.19. The highest BCUT2D eigenvalue weighted by Crippen LogP contribution is 2.23. The SMILES string of the molecule is C=CCn1c(CNc2ccc(I)cc2)nnc1S[C@H](C)C(=O)N/N=C(C)\C=C\c1ccccc1. The molecule has 0 aliphatic heterocycles. The monoisotopic (exact) mass is 586 g/mol. The maximum absolute atomic E-state index is 12.6. The molecule has 2 aromatic carbocycles. The molecular weight excluding hydrogens is 559 g/mol. The number of thioether (sulfide) groups is 1. The second-order valence-electron chi connectivity index (χ2n) is 7.39. The fourth-order valence-corrected chi connectivity index (χ4v) is 4.09. The molecule has 1 heterocycles. The van der Waals surface area contributed by atoms with Gasteiger partial charge in [-0.1, -0.05) is 54.2 Å². The number of hydrogen-bond donors (Lipinski definition) is 2. The van der Waals surface area contributed by atoms with Gasteiger partial charge in [-0.05, 0) is 72.3 Å². The number of aromatic nitrogens is 3. The Morgan fingerprint density at radius 3 is 2.65 bits per heavy atom. The number of allylic oxidation sites excluding steroid dienone is 2. The predicted octanol–water partition coefficient (Wildman–Crippen LogP) is 5.37. The molecule has 0 aliphatic carbocycles. The molecule has 9 heteroatoms. The largest absolute Gasteiger partial charge is 0.378 e. The molecule has 34 heavy (non-hydrogen) atoms. The van der Waals surface area contributed by atoms with Crippen molar-refractivity contribution >= 4 is 57.7 Å². The molecule has 2 N–H and O–H groups in total. The zero-order chi connectivity index (χ0) is 24.3. The van der Waals surface area contributed by atoms with E-state index in [2.05, 4.69) is 55.2 Å². The van der Waals surface area contributed by atoms with E-state index in [4.69, 9.17) is 0 Å². The molecule has 7 nitrogen and oxygen atoms in total. The summed E-state index contributed by atoms with van der Waals surface area (Å²) in [7, 11) is 0. The summed E-state index contributed by atoms with van der Waals surface area (Å²) in [6.45, 7) is 8.56. The first-order valence-electron chi connectivity index (χ1n) is 10.7. The fourth-order valence-electron chi connectivity index (χ4n) is 2.86. The average molecular weight is 587 g/mol. The van der Waals surface area contributed by atoms with Gasteiger partial charge in [0.2, 0.25) is 0 Å². The third-order valence-corrected chi connectivity index (χ3v) is 6.51. The number of hydrogen-bond acceptors (Lipinski definition) is 6. The molecule has 1 atom stereocenters. The normalized spacial score (nSPS) is 12.5. The Morgan fingerprint density at radius 1 is 1.21 bits per heavy atom. The van der Waals surface area contributed by atoms with Crippen LogP contribution in [0.2, 0.25) is 0 Å². The fraction of sp³-hybridized carbons (Fsp3) is 0.200. The number of carbonyl (C=O) groups excluding carboxylic acids is 1. The van der Waals surface area contributed by atoms with Crippen LogP contribution in [0.15, 0.2) is 83.6 Å². The Labute approximate surface area is 218 Å². The smallest absolute Gasteiger partial charge is 0.253 e. The first kappa shape index (κ1) is 25.7. The van der Waals surface area contributed by atoms with Crippen LogP contribution in [-0.2, 0) is 17.9 Å². The highest BCUT2D eigenvalue weighted by atomic mass is 127. The van der Waals surface area contributed by atoms with Gasteiger partial charge >= 0.3 is 0 Å². The van der Waals surface area contributed by atoms with Gasteiger partial charge in [0.05, 0.1) is 17.5 Å². The number of halogens is 1. The number of benzene rings is 2. The number of carbonyl (C=O) groups is 1. The third kappa shape index (κ3) is 7.84. The summed E-state index contributed by atoms with van der Waals surface area (Å²) in [4.78, 5) is 12.6. The average Bonchev–Trinajstić information content (AvgIpc) is 3.22. The lowest BCUT2D eigenvalue weighted by atomic mass is 10.2. The Balaban J connectivity index is 1.58. The number of nitrogens with one attached hydrogen (secondary N) is 2. The van der Waals surface area contributed by atoms with Crippen LogP contribution in [0, 0.1) is 3.57 Å². The van der Waals surface area contributed by atoms with E-state index < -0.39 is 5.25 Å². The maximum atomic E-state index is 12.6. The standard InChI is InChI=1S/C25H27IN6OS/c1-4-16-32-23(17-27-22-14-12-21(26)13-15-22)29-31-25(32)34-19(3)24(33)30-28-18(2)10-11-20-8-6-5-7-9-20/h4-15,19,27H,1,16-17H2,2-3H3,(H,30,33)/b11-10+,28-18-/t19-/m1/s1. The number of anilines is 1. The highest BCUT2D eigenvalue weighted by molar-refractivity contribution is 14.1. The van der Waals surface area contributed by atoms with E-state index in [1.807, 2.05) is 85.2 Å². The van der Waals surface area contributed by atoms with Gasteiger partial charge in [0.15, 0.2) is 11.0 Å². The minimum absolute atomic E-state index is 0.204. The Morgan fingerprint density at radius 2 is 1.94 bits per heavy atom. The lowest BCUT2D eigenvalue weighted by Gasteiger charge is -2.12. The van der Waals surface area contributed by atoms with Gasteiger partial charge in [-0.3, -0.25) is 4.79 Å². The lowest BCUT2D eigenvalue weighted by Crippen LogP contribution is -2.27. The van der Waals surface area contributed by atoms with E-state index in [9.17, 15) is 4.79 Å². The molecule has 0 aliphatic rings. The van der Waals surface area contributed by atoms with Crippen molar-refractivity contribution < 1.29 is 4.79 Å². The van der Waals surface area contributed by atoms with Gasteiger partial charge in [0.1, 0.15) is 0 Å². The third-order valence-electron chi connectivity index (χ3n) is 4.71. The second-order valence-corrected chi connectivity index (χ2v) is 9.95. The topological polar surface area (TPSA) is 84.2 Å². The van der Waals surface area contributed by atoms with Crippen LogP contribution in [0.3, 0.4) is 0 Å². The predicted molar refractivity (Wildman–Crippen MR) is 149 cm³/mol. The molecule has 1 aromatic heterocycles. The van der Waals surface area contributed by atoms with E-state index in [-0.39, 0.29) is 5.91 Å². The van der Waals surface area contributed by atoms with Crippen molar-refractivity contribution in [1.29, 1.82) is 0 Å². The zero-order valence-corrected chi connectivity index (χ0v) is 22.1. The van der Waals surface area contributed by atoms with Crippen LogP contribution >= 0.6 is 34.4 Å². The van der Waals surface area contributed by atoms with Crippen LogP contribution in [0.4, 0.5) is 5.69 Å². The van der Waals surface area contributed by atoms with E-state index in [1.165, 1.54) is 15.3 Å². The van der Waals surface area contributed by atoms with Crippen LogP contribution in [0.1, 0.15) is 25.2 Å². The molecule has 0 bridgehead atoms. The Kier molecular flexibility index (Phi) is 9.89. The van der Waals surface area contributed by atoms with Crippen LogP contribution in [0.25, 0.3) is 6.08 Å². The van der Waals surface area contributed by atoms with Crippen molar-refractivity contribution in [2.45, 2.75) is 37.3 Å². The molecule has 0 radical (unpaired) electrons. The van der Waals surface area contributed by atoms with Gasteiger partial charge in [0, 0.05) is 15.8 Å². The maximum Gasteiger partial charge on any atom is 0.253 e. The first-order valence-corrected chi connectivity index (χ1v) is 12.7. The van der Waals surface area contributed by atoms with Crippen LogP contribution in [0.5, 0.6) is 0 Å². The molecule has 3 aromatic rings. The van der Waals surface area contributed by atoms with Crippen molar-refractivity contribution in [3.05, 3.63) is 88.3 Å². The number of amides is 1. The summed E-state index contributed by atoms with van der Waals surface area (Å²) in [6.07, 6.45) is 5.60. The quantitative estimate of drug-likeness (QED) is 0.104. The molecular formula is C25H27IN6OS. The van der Waals surface area contributed by atoms with E-state index in [0.717, 1.165) is 17.1 Å². The van der Waals surface area contributed by atoms with E-state index in [0.29, 0.717) is 24.0 Å². The summed E-state index contributed by atoms with van der Waals surface area (Å²) in [5, 5.41) is 16.4. The molecule has 176 valence electrons. The van der Waals surface area contributed by atoms with Gasteiger partial charge in [-0.25, -0.2) is 5.43 Å². The van der Waals surface area contributed by atoms with Crippen molar-refractivity contribution in [3.63, 3.8) is 0 Å². The molecule has 0 unspecified atom stereocenters. The summed E-state index contributed by atoms with van der Waals surface area (Å²) in [5.74, 6) is 0.567. The first-order chi connectivity index (χ1) is 16.5. The van der Waals surface area contributed by atoms with Gasteiger partial charge in [-0.2, -0.15) is 5.10 Å². The minimum atomic E-state index is -0.403. The van der Waals surface area contributed by atoms with E-state index >= 15 is 0 Å². The molecule has 1 amide bonds. The molecule has 3 rings (SSSR count). The molecule has 0 spiro atoms. The van der Waals surface area contributed by atoms with Crippen molar-refractivity contribution in [2.24, 2.45) is 5.10 Å². The summed E-state index contributed by atoms with van der Waals surface area (Å²) in [5.41, 5.74) is 5.41. The van der Waals surface area contributed by atoms with Crippen LogP contribution in [-0.4, -0.2) is 31.6 Å². The van der Waals surface area contributed by atoms with Crippen molar-refractivity contribution in [1.82, 2.24) is 20.2 Å². The summed E-state index contributed by atoms with van der Waals surface area (Å²) in [6, 6.07) is 18.1. The molecule has 0 fully saturated rings. The van der Waals surface area contributed by atoms with Gasteiger partial charge in [0.25, 0.3) is 5.91 Å². The van der Waals surface area contributed by atoms with Crippen molar-refractivity contribution in [3.8, 4) is 0 Å². The number of nitrogens with zero attached hydrogens (tertiary/aromatic N) is 4. The zero-order valence-electron chi connectivity index (χ0n) is 19.1. The van der Waals surface area contributed by atoms with E-state index in [1.54, 1.807) is 6.08 Å². The molecule has 0 saturated heterocycles. The Hall–Kier alpha value is -2.92. The number of rotatable bonds is 11. The van der Waals surface area contributed by atoms with Crippen molar-refractivity contribution in [2.75, 3.05) is 5.32 Å². The number of hydrazone groups is 1. The van der Waals surface area contributed by atoms with Gasteiger partial charge in [-0.15, -0.1) is 16.8 Å². The summed E-state index contributed by atoms with van der Waals surface area (Å²) >= 11 is 3.61. The lowest BCUT2D eigenvalue weighted by molar-refractivity contribution is -0.120. The summed E-state index contributed by atoms with van der Waals surface area (Å²) < 4.78 is 3.13. The minimum Gasteiger partial charge on any atom is -0.378 e. The Bertz CT molecular complexity index is 1160.